The van der Waals surface area contributed by atoms with Crippen molar-refractivity contribution >= 4 is 79.7 Å². The molecule has 0 aliphatic rings. The lowest BCUT2D eigenvalue weighted by Crippen LogP contribution is -2.55. The molecule has 0 heterocycles. The Balaban J connectivity index is 2.66. The molecule has 1 aromatic carbocycles. The van der Waals surface area contributed by atoms with Gasteiger partial charge < -0.3 is 16.0 Å². The number of hydrogen-bond acceptors (Lipinski definition) is 2. The number of amides is 1. The van der Waals surface area contributed by atoms with E-state index in [4.69, 9.17) is 47.0 Å². The lowest BCUT2D eigenvalue weighted by Gasteiger charge is -2.27. The molecule has 0 aliphatic carbocycles. The second-order valence-electron chi connectivity index (χ2n) is 3.78. The third kappa shape index (κ3) is 6.45. The molecule has 0 radical (unpaired) electrons. The highest BCUT2D eigenvalue weighted by atomic mass is 79.9. The summed E-state index contributed by atoms with van der Waals surface area (Å²) in [5, 5.41) is 8.33. The van der Waals surface area contributed by atoms with E-state index >= 15 is 0 Å². The molecule has 0 bridgehead atoms. The normalized spacial score (nSPS) is 12.4. The van der Waals surface area contributed by atoms with E-state index in [2.05, 4.69) is 31.9 Å². The average Bonchev–Trinajstić information content (AvgIpc) is 2.29. The number of benzene rings is 1. The van der Waals surface area contributed by atoms with Crippen molar-refractivity contribution < 1.29 is 4.79 Å². The van der Waals surface area contributed by atoms with Gasteiger partial charge in [-0.15, -0.1) is 0 Å². The van der Waals surface area contributed by atoms with E-state index in [9.17, 15) is 4.79 Å². The van der Waals surface area contributed by atoms with Crippen LogP contribution in [0.15, 0.2) is 28.7 Å². The Morgan fingerprint density at radius 2 is 1.80 bits per heavy atom. The van der Waals surface area contributed by atoms with Gasteiger partial charge in [-0.1, -0.05) is 50.7 Å². The molecule has 9 heteroatoms. The number of carbonyl (C=O) groups is 1. The Morgan fingerprint density at radius 3 is 2.25 bits per heavy atom. The highest BCUT2D eigenvalue weighted by Crippen LogP contribution is 2.29. The van der Waals surface area contributed by atoms with Crippen molar-refractivity contribution in [3.05, 3.63) is 28.7 Å². The van der Waals surface area contributed by atoms with Crippen LogP contribution >= 0.6 is 63.0 Å². The van der Waals surface area contributed by atoms with Gasteiger partial charge in [0.15, 0.2) is 5.11 Å². The number of carbonyl (C=O) groups excluding carboxylic acids is 1. The third-order valence-electron chi connectivity index (χ3n) is 2.05. The Kier molecular flexibility index (Phi) is 6.81. The van der Waals surface area contributed by atoms with Crippen molar-refractivity contribution in [1.82, 2.24) is 10.6 Å². The molecule has 1 amide bonds. The van der Waals surface area contributed by atoms with Gasteiger partial charge in [-0.3, -0.25) is 4.79 Å². The zero-order valence-electron chi connectivity index (χ0n) is 10.2. The van der Waals surface area contributed by atoms with Gasteiger partial charge in [-0.05, 0) is 36.5 Å². The summed E-state index contributed by atoms with van der Waals surface area (Å²) in [4.78, 5) is 11.1. The summed E-state index contributed by atoms with van der Waals surface area (Å²) in [7, 11) is 0. The number of nitrogens with one attached hydrogen (secondary N) is 3. The van der Waals surface area contributed by atoms with Crippen LogP contribution < -0.4 is 16.0 Å². The molecule has 0 fully saturated rings. The molecule has 0 spiro atoms. The third-order valence-corrected chi connectivity index (χ3v) is 3.46. The van der Waals surface area contributed by atoms with Crippen LogP contribution in [0.2, 0.25) is 0 Å². The molecular formula is C11H11BrCl3N3OS. The van der Waals surface area contributed by atoms with E-state index in [-0.39, 0.29) is 11.0 Å². The molecule has 20 heavy (non-hydrogen) atoms. The summed E-state index contributed by atoms with van der Waals surface area (Å²) >= 11 is 25.7. The van der Waals surface area contributed by atoms with Gasteiger partial charge in [0.05, 0.1) is 0 Å². The van der Waals surface area contributed by atoms with E-state index in [1.807, 2.05) is 24.3 Å². The molecule has 3 N–H and O–H groups in total. The van der Waals surface area contributed by atoms with Crippen LogP contribution in [0.4, 0.5) is 5.69 Å². The van der Waals surface area contributed by atoms with E-state index in [1.165, 1.54) is 6.92 Å². The van der Waals surface area contributed by atoms with Gasteiger partial charge in [0.2, 0.25) is 9.70 Å². The molecular weight excluding hydrogens is 408 g/mol. The summed E-state index contributed by atoms with van der Waals surface area (Å²) in [5.41, 5.74) is 0.761. The molecule has 110 valence electrons. The van der Waals surface area contributed by atoms with Crippen molar-refractivity contribution in [2.45, 2.75) is 16.9 Å². The Bertz CT molecular complexity index is 493. The molecule has 0 aromatic heterocycles. The number of hydrogen-bond donors (Lipinski definition) is 3. The first kappa shape index (κ1) is 17.8. The quantitative estimate of drug-likeness (QED) is 0.398. The topological polar surface area (TPSA) is 53.2 Å². The molecule has 1 rings (SSSR count). The largest absolute Gasteiger partial charge is 0.339 e. The fourth-order valence-corrected chi connectivity index (χ4v) is 2.06. The van der Waals surface area contributed by atoms with Crippen LogP contribution in [-0.2, 0) is 4.79 Å². The molecule has 0 unspecified atom stereocenters. The van der Waals surface area contributed by atoms with Gasteiger partial charge in [0.1, 0.15) is 6.17 Å². The van der Waals surface area contributed by atoms with Gasteiger partial charge >= 0.3 is 0 Å². The first-order valence-electron chi connectivity index (χ1n) is 5.35. The fraction of sp³-hybridized carbons (Fsp3) is 0.273. The minimum absolute atomic E-state index is 0.220. The monoisotopic (exact) mass is 417 g/mol. The molecule has 1 atom stereocenters. The SMILES string of the molecule is CC(=O)N[C@@H](NC(=S)Nc1ccc(Br)cc1)C(Cl)(Cl)Cl. The fourth-order valence-electron chi connectivity index (χ4n) is 1.23. The van der Waals surface area contributed by atoms with Crippen LogP contribution in [0.5, 0.6) is 0 Å². The minimum Gasteiger partial charge on any atom is -0.339 e. The van der Waals surface area contributed by atoms with Gasteiger partial charge in [-0.2, -0.15) is 0 Å². The number of halogens is 4. The van der Waals surface area contributed by atoms with Gasteiger partial charge in [0.25, 0.3) is 0 Å². The summed E-state index contributed by atoms with van der Waals surface area (Å²) in [6, 6.07) is 7.35. The van der Waals surface area contributed by atoms with Crippen LogP contribution in [0, 0.1) is 0 Å². The Hall–Kier alpha value is -0.270. The molecule has 1 aromatic rings. The lowest BCUT2D eigenvalue weighted by molar-refractivity contribution is -0.119. The van der Waals surface area contributed by atoms with Crippen molar-refractivity contribution in [2.75, 3.05) is 5.32 Å². The van der Waals surface area contributed by atoms with Crippen molar-refractivity contribution in [2.24, 2.45) is 0 Å². The predicted molar refractivity (Wildman–Crippen MR) is 91.4 cm³/mol. The van der Waals surface area contributed by atoms with Gasteiger partial charge in [-0.25, -0.2) is 0 Å². The van der Waals surface area contributed by atoms with Crippen LogP contribution in [0.3, 0.4) is 0 Å². The van der Waals surface area contributed by atoms with E-state index < -0.39 is 9.96 Å². The lowest BCUT2D eigenvalue weighted by atomic mass is 10.3. The van der Waals surface area contributed by atoms with Crippen LogP contribution in [-0.4, -0.2) is 21.0 Å². The van der Waals surface area contributed by atoms with Crippen LogP contribution in [0.1, 0.15) is 6.92 Å². The molecule has 0 aliphatic heterocycles. The second-order valence-corrected chi connectivity index (χ2v) is 7.47. The highest BCUT2D eigenvalue weighted by Gasteiger charge is 2.33. The smallest absolute Gasteiger partial charge is 0.228 e. The van der Waals surface area contributed by atoms with Crippen molar-refractivity contribution in [3.63, 3.8) is 0 Å². The number of anilines is 1. The average molecular weight is 420 g/mol. The predicted octanol–water partition coefficient (Wildman–Crippen LogP) is 3.57. The summed E-state index contributed by atoms with van der Waals surface area (Å²) in [6.07, 6.45) is -0.944. The second kappa shape index (κ2) is 7.66. The van der Waals surface area contributed by atoms with E-state index in [0.29, 0.717) is 0 Å². The maximum atomic E-state index is 11.1. The van der Waals surface area contributed by atoms with E-state index in [0.717, 1.165) is 10.2 Å². The number of alkyl halides is 3. The van der Waals surface area contributed by atoms with Crippen molar-refractivity contribution in [3.8, 4) is 0 Å². The number of thiocarbonyl (C=S) groups is 1. The van der Waals surface area contributed by atoms with E-state index in [1.54, 1.807) is 0 Å². The van der Waals surface area contributed by atoms with Crippen molar-refractivity contribution in [1.29, 1.82) is 0 Å². The standard InChI is InChI=1S/C11H11BrCl3N3OS/c1-6(19)16-9(11(13,14)15)18-10(20)17-8-4-2-7(12)3-5-8/h2-5,9H,1H3,(H,16,19)(H2,17,18,20)/t9-/m0/s1. The maximum absolute atomic E-state index is 11.1. The van der Waals surface area contributed by atoms with Gasteiger partial charge in [0, 0.05) is 17.1 Å². The maximum Gasteiger partial charge on any atom is 0.228 e. The highest BCUT2D eigenvalue weighted by molar-refractivity contribution is 9.10. The van der Waals surface area contributed by atoms with Crippen LogP contribution in [0.25, 0.3) is 0 Å². The summed E-state index contributed by atoms with van der Waals surface area (Å²) in [6.45, 7) is 1.32. The Labute approximate surface area is 145 Å². The summed E-state index contributed by atoms with van der Waals surface area (Å²) in [5.74, 6) is -0.347. The Morgan fingerprint density at radius 1 is 1.25 bits per heavy atom. The first-order valence-corrected chi connectivity index (χ1v) is 7.69. The number of rotatable bonds is 3. The summed E-state index contributed by atoms with van der Waals surface area (Å²) < 4.78 is -0.795. The molecule has 4 nitrogen and oxygen atoms in total. The zero-order chi connectivity index (χ0) is 15.3. The minimum atomic E-state index is -1.74. The molecule has 0 saturated heterocycles. The zero-order valence-corrected chi connectivity index (χ0v) is 14.9. The molecule has 0 saturated carbocycles. The first-order chi connectivity index (χ1) is 9.18.